The maximum atomic E-state index is 11.5. The maximum absolute atomic E-state index is 11.5. The molecule has 13 heavy (non-hydrogen) atoms. The van der Waals surface area contributed by atoms with E-state index in [0.717, 1.165) is 0 Å². The molecule has 0 fully saturated rings. The standard InChI is InChI=1S/C9H18ClNO2/c1-7(2)11(9(3,4)5)8(12)13-6-10/h7H,6H2,1-5H3. The predicted molar refractivity (Wildman–Crippen MR) is 53.9 cm³/mol. The van der Waals surface area contributed by atoms with Gasteiger partial charge < -0.3 is 9.64 Å². The molecule has 0 aliphatic heterocycles. The molecule has 0 aromatic heterocycles. The van der Waals surface area contributed by atoms with E-state index in [-0.39, 0.29) is 23.7 Å². The van der Waals surface area contributed by atoms with Crippen molar-refractivity contribution in [3.63, 3.8) is 0 Å². The van der Waals surface area contributed by atoms with Crippen LogP contribution >= 0.6 is 11.6 Å². The van der Waals surface area contributed by atoms with Crippen LogP contribution in [-0.4, -0.2) is 28.6 Å². The normalized spacial score (nSPS) is 11.6. The molecule has 0 atom stereocenters. The molecule has 4 heteroatoms. The number of alkyl halides is 1. The molecule has 0 unspecified atom stereocenters. The van der Waals surface area contributed by atoms with Gasteiger partial charge in [-0.1, -0.05) is 11.6 Å². The van der Waals surface area contributed by atoms with Gasteiger partial charge in [0.1, 0.15) is 0 Å². The topological polar surface area (TPSA) is 29.5 Å². The summed E-state index contributed by atoms with van der Waals surface area (Å²) in [4.78, 5) is 13.1. The highest BCUT2D eigenvalue weighted by Crippen LogP contribution is 2.18. The van der Waals surface area contributed by atoms with Gasteiger partial charge in [-0.3, -0.25) is 0 Å². The Morgan fingerprint density at radius 1 is 1.46 bits per heavy atom. The van der Waals surface area contributed by atoms with Crippen molar-refractivity contribution in [2.45, 2.75) is 46.2 Å². The summed E-state index contributed by atoms with van der Waals surface area (Å²) in [6.07, 6.45) is -0.363. The van der Waals surface area contributed by atoms with Crippen molar-refractivity contribution in [3.05, 3.63) is 0 Å². The predicted octanol–water partition coefficient (Wildman–Crippen LogP) is 2.83. The van der Waals surface area contributed by atoms with E-state index in [4.69, 9.17) is 16.3 Å². The number of hydrogen-bond acceptors (Lipinski definition) is 2. The molecule has 0 spiro atoms. The van der Waals surface area contributed by atoms with Crippen molar-refractivity contribution in [1.29, 1.82) is 0 Å². The van der Waals surface area contributed by atoms with Gasteiger partial charge in [0.05, 0.1) is 0 Å². The van der Waals surface area contributed by atoms with E-state index < -0.39 is 0 Å². The van der Waals surface area contributed by atoms with Gasteiger partial charge >= 0.3 is 6.09 Å². The van der Waals surface area contributed by atoms with Gasteiger partial charge in [0.15, 0.2) is 6.07 Å². The molecule has 0 aromatic carbocycles. The molecule has 0 rings (SSSR count). The molecule has 0 saturated carbocycles. The molecule has 0 N–H and O–H groups in total. The average molecular weight is 208 g/mol. The minimum absolute atomic E-state index is 0.0991. The van der Waals surface area contributed by atoms with Gasteiger partial charge in [-0.25, -0.2) is 4.79 Å². The summed E-state index contributed by atoms with van der Waals surface area (Å²) < 4.78 is 4.74. The second kappa shape index (κ2) is 4.70. The van der Waals surface area contributed by atoms with Gasteiger partial charge in [-0.15, -0.1) is 0 Å². The third-order valence-corrected chi connectivity index (χ3v) is 1.72. The molecule has 0 bridgehead atoms. The largest absolute Gasteiger partial charge is 0.433 e. The Morgan fingerprint density at radius 3 is 2.15 bits per heavy atom. The number of carbonyl (C=O) groups excluding carboxylic acids is 1. The lowest BCUT2D eigenvalue weighted by Gasteiger charge is -2.37. The van der Waals surface area contributed by atoms with Crippen LogP contribution in [0.2, 0.25) is 0 Å². The summed E-state index contributed by atoms with van der Waals surface area (Å²) in [6.45, 7) is 9.77. The van der Waals surface area contributed by atoms with Crippen LogP contribution in [0.25, 0.3) is 0 Å². The minimum Gasteiger partial charge on any atom is -0.433 e. The molecule has 0 saturated heterocycles. The summed E-state index contributed by atoms with van der Waals surface area (Å²) >= 11 is 5.33. The van der Waals surface area contributed by atoms with E-state index in [1.807, 2.05) is 34.6 Å². The molecule has 1 amide bonds. The zero-order chi connectivity index (χ0) is 10.6. The maximum Gasteiger partial charge on any atom is 0.411 e. The number of rotatable bonds is 2. The Labute approximate surface area is 85.0 Å². The van der Waals surface area contributed by atoms with Crippen LogP contribution < -0.4 is 0 Å². The Balaban J connectivity index is 4.52. The first-order valence-corrected chi connectivity index (χ1v) is 4.86. The molecule has 0 heterocycles. The van der Waals surface area contributed by atoms with E-state index in [0.29, 0.717) is 0 Å². The quantitative estimate of drug-likeness (QED) is 0.652. The van der Waals surface area contributed by atoms with Gasteiger partial charge in [0.25, 0.3) is 0 Å². The summed E-state index contributed by atoms with van der Waals surface area (Å²) in [5, 5.41) is 0. The highest BCUT2D eigenvalue weighted by molar-refractivity contribution is 6.17. The van der Waals surface area contributed by atoms with Gasteiger partial charge in [0, 0.05) is 11.6 Å². The van der Waals surface area contributed by atoms with E-state index >= 15 is 0 Å². The van der Waals surface area contributed by atoms with Gasteiger partial charge in [0.2, 0.25) is 0 Å². The highest BCUT2D eigenvalue weighted by Gasteiger charge is 2.29. The molecular formula is C9H18ClNO2. The third kappa shape index (κ3) is 3.85. The zero-order valence-electron chi connectivity index (χ0n) is 8.93. The number of halogens is 1. The van der Waals surface area contributed by atoms with E-state index in [1.165, 1.54) is 0 Å². The van der Waals surface area contributed by atoms with Gasteiger partial charge in [-0.2, -0.15) is 0 Å². The molecule has 0 radical (unpaired) electrons. The Morgan fingerprint density at radius 2 is 1.92 bits per heavy atom. The van der Waals surface area contributed by atoms with Crippen LogP contribution in [-0.2, 0) is 4.74 Å². The summed E-state index contributed by atoms with van der Waals surface area (Å²) in [7, 11) is 0. The third-order valence-electron chi connectivity index (χ3n) is 1.61. The number of hydrogen-bond donors (Lipinski definition) is 0. The molecule has 0 aliphatic rings. The second-order valence-corrected chi connectivity index (χ2v) is 4.37. The van der Waals surface area contributed by atoms with Crippen LogP contribution in [0, 0.1) is 0 Å². The van der Waals surface area contributed by atoms with Crippen molar-refractivity contribution in [2.75, 3.05) is 6.07 Å². The number of ether oxygens (including phenoxy) is 1. The fourth-order valence-corrected chi connectivity index (χ4v) is 1.47. The van der Waals surface area contributed by atoms with Crippen molar-refractivity contribution in [1.82, 2.24) is 4.90 Å². The van der Waals surface area contributed by atoms with Crippen LogP contribution in [0.15, 0.2) is 0 Å². The lowest BCUT2D eigenvalue weighted by molar-refractivity contribution is 0.0621. The van der Waals surface area contributed by atoms with Crippen molar-refractivity contribution in [2.24, 2.45) is 0 Å². The fourth-order valence-electron chi connectivity index (χ4n) is 1.38. The van der Waals surface area contributed by atoms with E-state index in [2.05, 4.69) is 0 Å². The molecule has 0 aromatic rings. The monoisotopic (exact) mass is 207 g/mol. The number of amides is 1. The average Bonchev–Trinajstić information content (AvgIpc) is 1.82. The lowest BCUT2D eigenvalue weighted by Crippen LogP contribution is -2.49. The summed E-state index contributed by atoms with van der Waals surface area (Å²) in [6, 6.07) is 0.00807. The summed E-state index contributed by atoms with van der Waals surface area (Å²) in [5.74, 6) is 0. The first-order chi connectivity index (χ1) is 5.80. The number of nitrogens with zero attached hydrogens (tertiary/aromatic N) is 1. The van der Waals surface area contributed by atoms with Crippen molar-refractivity contribution in [3.8, 4) is 0 Å². The Kier molecular flexibility index (Phi) is 4.54. The smallest absolute Gasteiger partial charge is 0.411 e. The van der Waals surface area contributed by atoms with E-state index in [1.54, 1.807) is 4.90 Å². The van der Waals surface area contributed by atoms with E-state index in [9.17, 15) is 4.79 Å². The minimum atomic E-state index is -0.363. The van der Waals surface area contributed by atoms with Crippen LogP contribution in [0.4, 0.5) is 4.79 Å². The van der Waals surface area contributed by atoms with Crippen LogP contribution in [0.1, 0.15) is 34.6 Å². The SMILES string of the molecule is CC(C)N(C(=O)OCCl)C(C)(C)C. The first kappa shape index (κ1) is 12.6. The lowest BCUT2D eigenvalue weighted by atomic mass is 10.1. The first-order valence-electron chi connectivity index (χ1n) is 4.32. The molecular weight excluding hydrogens is 190 g/mol. The van der Waals surface area contributed by atoms with Crippen molar-refractivity contribution < 1.29 is 9.53 Å². The van der Waals surface area contributed by atoms with Gasteiger partial charge in [-0.05, 0) is 34.6 Å². The fraction of sp³-hybridized carbons (Fsp3) is 0.889. The van der Waals surface area contributed by atoms with Crippen LogP contribution in [0.5, 0.6) is 0 Å². The second-order valence-electron chi connectivity index (χ2n) is 4.15. The van der Waals surface area contributed by atoms with Crippen molar-refractivity contribution >= 4 is 17.7 Å². The molecule has 0 aliphatic carbocycles. The zero-order valence-corrected chi connectivity index (χ0v) is 9.68. The Bertz CT molecular complexity index is 175. The van der Waals surface area contributed by atoms with Crippen LogP contribution in [0.3, 0.4) is 0 Å². The molecule has 78 valence electrons. The highest BCUT2D eigenvalue weighted by atomic mass is 35.5. The summed E-state index contributed by atoms with van der Waals surface area (Å²) in [5.41, 5.74) is -0.239. The number of carbonyl (C=O) groups is 1. The Hall–Kier alpha value is -0.440. The molecule has 3 nitrogen and oxygen atoms in total.